The van der Waals surface area contributed by atoms with Crippen molar-refractivity contribution in [2.24, 2.45) is 0 Å². The van der Waals surface area contributed by atoms with Gasteiger partial charge in [-0.2, -0.15) is 8.78 Å². The smallest absolute Gasteiger partial charge is 0.386 e. The minimum atomic E-state index is -4.01. The number of alkyl halides is 2. The molecule has 0 N–H and O–H groups in total. The number of hydrogen-bond acceptors (Lipinski definition) is 4. The zero-order valence-corrected chi connectivity index (χ0v) is 12.7. The number of carbonyl (C=O) groups is 2. The Morgan fingerprint density at radius 3 is 2.23 bits per heavy atom. The monoisotopic (exact) mass is 312 g/mol. The largest absolute Gasteiger partial charge is 0.449 e. The molecule has 0 radical (unpaired) electrons. The lowest BCUT2D eigenvalue weighted by atomic mass is 9.94. The van der Waals surface area contributed by atoms with Gasteiger partial charge in [0.2, 0.25) is 0 Å². The summed E-state index contributed by atoms with van der Waals surface area (Å²) in [6, 6.07) is 7.48. The molecule has 1 unspecified atom stereocenters. The molecule has 1 atom stereocenters. The SMILES string of the molecule is C=C(C)C(=O)OC(C)(CC)C(F)(F)C(=O)Oc1ccccc1. The summed E-state index contributed by atoms with van der Waals surface area (Å²) >= 11 is 0. The number of rotatable bonds is 6. The van der Waals surface area contributed by atoms with Crippen molar-refractivity contribution in [3.05, 3.63) is 42.5 Å². The first-order valence-electron chi connectivity index (χ1n) is 6.68. The third kappa shape index (κ3) is 3.69. The van der Waals surface area contributed by atoms with Gasteiger partial charge in [-0.05, 0) is 32.4 Å². The van der Waals surface area contributed by atoms with Crippen LogP contribution >= 0.6 is 0 Å². The second kappa shape index (κ2) is 6.68. The maximum Gasteiger partial charge on any atom is 0.386 e. The van der Waals surface area contributed by atoms with E-state index in [1.807, 2.05) is 0 Å². The van der Waals surface area contributed by atoms with E-state index in [2.05, 4.69) is 11.3 Å². The Hall–Kier alpha value is -2.24. The fourth-order valence-electron chi connectivity index (χ4n) is 1.53. The normalized spacial score (nSPS) is 13.9. The minimum Gasteiger partial charge on any atom is -0.449 e. The molecule has 0 aliphatic carbocycles. The van der Waals surface area contributed by atoms with E-state index in [-0.39, 0.29) is 17.7 Å². The van der Waals surface area contributed by atoms with E-state index in [0.717, 1.165) is 6.92 Å². The molecule has 0 bridgehead atoms. The summed E-state index contributed by atoms with van der Waals surface area (Å²) in [7, 11) is 0. The van der Waals surface area contributed by atoms with Gasteiger partial charge < -0.3 is 9.47 Å². The van der Waals surface area contributed by atoms with Gasteiger partial charge in [-0.1, -0.05) is 31.7 Å². The zero-order chi connectivity index (χ0) is 17.0. The van der Waals surface area contributed by atoms with Crippen molar-refractivity contribution < 1.29 is 27.8 Å². The molecule has 1 aromatic carbocycles. The predicted molar refractivity (Wildman–Crippen MR) is 76.6 cm³/mol. The maximum absolute atomic E-state index is 14.4. The molecular formula is C16H18F2O4. The summed E-state index contributed by atoms with van der Waals surface area (Å²) in [6.07, 6.45) is -0.275. The quantitative estimate of drug-likeness (QED) is 0.458. The zero-order valence-electron chi connectivity index (χ0n) is 12.7. The lowest BCUT2D eigenvalue weighted by Gasteiger charge is -2.34. The Morgan fingerprint density at radius 2 is 1.77 bits per heavy atom. The van der Waals surface area contributed by atoms with E-state index in [1.54, 1.807) is 18.2 Å². The van der Waals surface area contributed by atoms with E-state index >= 15 is 0 Å². The molecule has 0 aliphatic rings. The predicted octanol–water partition coefficient (Wildman–Crippen LogP) is 3.52. The standard InChI is InChI=1S/C16H18F2O4/c1-5-15(4,22-13(19)11(2)3)16(17,18)14(20)21-12-9-7-6-8-10-12/h6-10H,2,5H2,1,3-4H3. The Morgan fingerprint density at radius 1 is 1.23 bits per heavy atom. The van der Waals surface area contributed by atoms with Gasteiger partial charge in [0.1, 0.15) is 5.75 Å². The van der Waals surface area contributed by atoms with Crippen molar-refractivity contribution in [2.45, 2.75) is 38.7 Å². The van der Waals surface area contributed by atoms with Crippen LogP contribution in [0.2, 0.25) is 0 Å². The molecule has 0 heterocycles. The van der Waals surface area contributed by atoms with Crippen LogP contribution in [0.5, 0.6) is 5.75 Å². The second-order valence-corrected chi connectivity index (χ2v) is 5.03. The highest BCUT2D eigenvalue weighted by Gasteiger charge is 2.59. The molecule has 0 aliphatic heterocycles. The summed E-state index contributed by atoms with van der Waals surface area (Å²) < 4.78 is 38.2. The van der Waals surface area contributed by atoms with Crippen molar-refractivity contribution in [3.63, 3.8) is 0 Å². The van der Waals surface area contributed by atoms with Crippen LogP contribution in [0.1, 0.15) is 27.2 Å². The number of carbonyl (C=O) groups excluding carboxylic acids is 2. The number of halogens is 2. The van der Waals surface area contributed by atoms with E-state index in [4.69, 9.17) is 4.74 Å². The maximum atomic E-state index is 14.4. The highest BCUT2D eigenvalue weighted by molar-refractivity contribution is 5.88. The summed E-state index contributed by atoms with van der Waals surface area (Å²) in [6.45, 7) is 7.04. The molecule has 6 heteroatoms. The molecule has 4 nitrogen and oxygen atoms in total. The van der Waals surface area contributed by atoms with E-state index in [0.29, 0.717) is 0 Å². The van der Waals surface area contributed by atoms with Crippen LogP contribution in [0.15, 0.2) is 42.5 Å². The molecule has 0 amide bonds. The molecule has 1 aromatic rings. The second-order valence-electron chi connectivity index (χ2n) is 5.03. The van der Waals surface area contributed by atoms with Crippen LogP contribution in [0.25, 0.3) is 0 Å². The first kappa shape index (κ1) is 17.8. The number of esters is 2. The van der Waals surface area contributed by atoms with Gasteiger partial charge in [0.15, 0.2) is 5.60 Å². The van der Waals surface area contributed by atoms with E-state index < -0.39 is 23.5 Å². The molecule has 0 fully saturated rings. The Bertz CT molecular complexity index is 569. The molecule has 0 aromatic heterocycles. The van der Waals surface area contributed by atoms with Gasteiger partial charge >= 0.3 is 17.9 Å². The van der Waals surface area contributed by atoms with Gasteiger partial charge in [-0.3, -0.25) is 0 Å². The molecule has 0 saturated carbocycles. The first-order chi connectivity index (χ1) is 10.1. The highest BCUT2D eigenvalue weighted by Crippen LogP contribution is 2.37. The van der Waals surface area contributed by atoms with Crippen molar-refractivity contribution in [1.29, 1.82) is 0 Å². The molecular weight excluding hydrogens is 294 g/mol. The molecule has 22 heavy (non-hydrogen) atoms. The summed E-state index contributed by atoms with van der Waals surface area (Å²) in [4.78, 5) is 23.3. The highest BCUT2D eigenvalue weighted by atomic mass is 19.3. The van der Waals surface area contributed by atoms with E-state index in [9.17, 15) is 18.4 Å². The average molecular weight is 312 g/mol. The van der Waals surface area contributed by atoms with Crippen molar-refractivity contribution in [2.75, 3.05) is 0 Å². The van der Waals surface area contributed by atoms with Crippen LogP contribution < -0.4 is 4.74 Å². The fraction of sp³-hybridized carbons (Fsp3) is 0.375. The Labute approximate surface area is 127 Å². The van der Waals surface area contributed by atoms with Gasteiger partial charge in [0, 0.05) is 5.57 Å². The van der Waals surface area contributed by atoms with E-state index in [1.165, 1.54) is 26.0 Å². The van der Waals surface area contributed by atoms with Crippen LogP contribution in [0.3, 0.4) is 0 Å². The summed E-state index contributed by atoms with van der Waals surface area (Å²) in [5.41, 5.74) is -2.36. The first-order valence-corrected chi connectivity index (χ1v) is 6.68. The lowest BCUT2D eigenvalue weighted by molar-refractivity contribution is -0.215. The average Bonchev–Trinajstić information content (AvgIpc) is 2.47. The number of hydrogen-bond donors (Lipinski definition) is 0. The Balaban J connectivity index is 2.99. The van der Waals surface area contributed by atoms with Gasteiger partial charge in [-0.25, -0.2) is 9.59 Å². The minimum absolute atomic E-state index is 0.0168. The number of benzene rings is 1. The molecule has 0 saturated heterocycles. The fourth-order valence-corrected chi connectivity index (χ4v) is 1.53. The third-order valence-electron chi connectivity index (χ3n) is 3.22. The van der Waals surface area contributed by atoms with Crippen LogP contribution in [-0.2, 0) is 14.3 Å². The van der Waals surface area contributed by atoms with Gasteiger partial charge in [-0.15, -0.1) is 0 Å². The molecule has 120 valence electrons. The van der Waals surface area contributed by atoms with Gasteiger partial charge in [0.05, 0.1) is 0 Å². The topological polar surface area (TPSA) is 52.6 Å². The summed E-state index contributed by atoms with van der Waals surface area (Å²) in [5, 5.41) is 0. The van der Waals surface area contributed by atoms with Crippen LogP contribution in [0, 0.1) is 0 Å². The van der Waals surface area contributed by atoms with Crippen molar-refractivity contribution in [1.82, 2.24) is 0 Å². The van der Waals surface area contributed by atoms with Crippen molar-refractivity contribution in [3.8, 4) is 5.75 Å². The number of para-hydroxylation sites is 1. The summed E-state index contributed by atoms with van der Waals surface area (Å²) in [5.74, 6) is -6.80. The molecule has 1 rings (SSSR count). The lowest BCUT2D eigenvalue weighted by Crippen LogP contribution is -2.55. The number of ether oxygens (including phenoxy) is 2. The van der Waals surface area contributed by atoms with Gasteiger partial charge in [0.25, 0.3) is 0 Å². The van der Waals surface area contributed by atoms with Crippen LogP contribution in [0.4, 0.5) is 8.78 Å². The third-order valence-corrected chi connectivity index (χ3v) is 3.22. The van der Waals surface area contributed by atoms with Crippen LogP contribution in [-0.4, -0.2) is 23.5 Å². The van der Waals surface area contributed by atoms with Crippen molar-refractivity contribution >= 4 is 11.9 Å². The Kier molecular flexibility index (Phi) is 5.41. The molecule has 0 spiro atoms.